The molecule has 0 saturated carbocycles. The molecule has 0 amide bonds. The van der Waals surface area contributed by atoms with E-state index in [2.05, 4.69) is 15.5 Å². The molecule has 0 aliphatic carbocycles. The van der Waals surface area contributed by atoms with E-state index in [1.54, 1.807) is 6.20 Å². The fourth-order valence-electron chi connectivity index (χ4n) is 2.16. The van der Waals surface area contributed by atoms with Crippen LogP contribution in [0.3, 0.4) is 0 Å². The average molecular weight is 218 g/mol. The van der Waals surface area contributed by atoms with Gasteiger partial charge >= 0.3 is 0 Å². The van der Waals surface area contributed by atoms with Gasteiger partial charge in [0, 0.05) is 25.4 Å². The zero-order valence-electron chi connectivity index (χ0n) is 9.09. The van der Waals surface area contributed by atoms with E-state index >= 15 is 0 Å². The Labute approximate surface area is 93.0 Å². The van der Waals surface area contributed by atoms with Crippen molar-refractivity contribution in [3.8, 4) is 0 Å². The molecule has 16 heavy (non-hydrogen) atoms. The predicted octanol–water partition coefficient (Wildman–Crippen LogP) is 0.604. The van der Waals surface area contributed by atoms with Crippen molar-refractivity contribution in [3.05, 3.63) is 24.2 Å². The lowest BCUT2D eigenvalue weighted by atomic mass is 10.1. The lowest BCUT2D eigenvalue weighted by molar-refractivity contribution is 0.482. The summed E-state index contributed by atoms with van der Waals surface area (Å²) in [7, 11) is 1.92. The minimum absolute atomic E-state index is 0.238. The third-order valence-corrected chi connectivity index (χ3v) is 2.94. The monoisotopic (exact) mass is 218 g/mol. The van der Waals surface area contributed by atoms with E-state index in [0.717, 1.165) is 18.8 Å². The van der Waals surface area contributed by atoms with Crippen LogP contribution in [0.25, 0.3) is 0 Å². The maximum Gasteiger partial charge on any atom is 0.148 e. The van der Waals surface area contributed by atoms with Gasteiger partial charge in [0.25, 0.3) is 0 Å². The molecule has 3 heterocycles. The van der Waals surface area contributed by atoms with Crippen molar-refractivity contribution in [2.45, 2.75) is 12.5 Å². The zero-order valence-corrected chi connectivity index (χ0v) is 9.09. The van der Waals surface area contributed by atoms with Crippen LogP contribution in [-0.4, -0.2) is 26.1 Å². The zero-order chi connectivity index (χ0) is 11.1. The molecule has 0 bridgehead atoms. The maximum absolute atomic E-state index is 5.84. The molecule has 6 heteroatoms. The van der Waals surface area contributed by atoms with Gasteiger partial charge in [-0.3, -0.25) is 4.68 Å². The molecule has 3 rings (SSSR count). The highest BCUT2D eigenvalue weighted by Gasteiger charge is 2.24. The number of aromatic nitrogens is 4. The second-order valence-corrected chi connectivity index (χ2v) is 4.07. The molecule has 1 aliphatic heterocycles. The van der Waals surface area contributed by atoms with Crippen molar-refractivity contribution in [3.63, 3.8) is 0 Å². The van der Waals surface area contributed by atoms with E-state index in [1.807, 2.05) is 28.8 Å². The summed E-state index contributed by atoms with van der Waals surface area (Å²) >= 11 is 0. The second kappa shape index (κ2) is 3.26. The van der Waals surface area contributed by atoms with Crippen molar-refractivity contribution >= 4 is 11.5 Å². The van der Waals surface area contributed by atoms with Crippen molar-refractivity contribution in [1.82, 2.24) is 19.6 Å². The van der Waals surface area contributed by atoms with Crippen LogP contribution >= 0.6 is 0 Å². The summed E-state index contributed by atoms with van der Waals surface area (Å²) in [5.74, 6) is 0.917. The molecule has 3 N–H and O–H groups in total. The number of nitrogen functional groups attached to an aromatic ring is 1. The van der Waals surface area contributed by atoms with Gasteiger partial charge in [0.15, 0.2) is 0 Å². The molecule has 1 unspecified atom stereocenters. The Morgan fingerprint density at radius 1 is 1.44 bits per heavy atom. The Kier molecular flexibility index (Phi) is 1.89. The van der Waals surface area contributed by atoms with Gasteiger partial charge in [0.2, 0.25) is 0 Å². The lowest BCUT2D eigenvalue weighted by Crippen LogP contribution is -2.24. The Bertz CT molecular complexity index is 511. The highest BCUT2D eigenvalue weighted by Crippen LogP contribution is 2.31. The number of aryl methyl sites for hydroxylation is 1. The molecular formula is C10H14N6. The van der Waals surface area contributed by atoms with Gasteiger partial charge in [0.05, 0.1) is 24.1 Å². The Morgan fingerprint density at radius 3 is 3.06 bits per heavy atom. The van der Waals surface area contributed by atoms with Crippen LogP contribution in [0.4, 0.5) is 11.5 Å². The fourth-order valence-corrected chi connectivity index (χ4v) is 2.16. The molecule has 2 aromatic rings. The van der Waals surface area contributed by atoms with Crippen LogP contribution < -0.4 is 11.1 Å². The number of hydrogen-bond donors (Lipinski definition) is 2. The topological polar surface area (TPSA) is 73.7 Å². The number of fused-ring (bicyclic) bond motifs is 1. The number of rotatable bonds is 1. The van der Waals surface area contributed by atoms with Crippen molar-refractivity contribution in [2.75, 3.05) is 17.6 Å². The average Bonchev–Trinajstić information content (AvgIpc) is 2.86. The molecule has 1 aliphatic rings. The first-order valence-electron chi connectivity index (χ1n) is 5.31. The Balaban J connectivity index is 2.05. The second-order valence-electron chi connectivity index (χ2n) is 4.07. The third-order valence-electron chi connectivity index (χ3n) is 2.94. The Morgan fingerprint density at radius 2 is 2.31 bits per heavy atom. The predicted molar refractivity (Wildman–Crippen MR) is 61.1 cm³/mol. The van der Waals surface area contributed by atoms with Crippen LogP contribution in [0.2, 0.25) is 0 Å². The molecule has 0 fully saturated rings. The first kappa shape index (κ1) is 9.26. The molecule has 84 valence electrons. The molecule has 2 aromatic heterocycles. The molecule has 1 atom stereocenters. The molecule has 0 saturated heterocycles. The van der Waals surface area contributed by atoms with E-state index in [4.69, 9.17) is 5.73 Å². The van der Waals surface area contributed by atoms with Crippen LogP contribution in [0.1, 0.15) is 18.0 Å². The van der Waals surface area contributed by atoms with Crippen LogP contribution in [0.5, 0.6) is 0 Å². The minimum atomic E-state index is 0.238. The van der Waals surface area contributed by atoms with Gasteiger partial charge in [-0.2, -0.15) is 10.2 Å². The number of nitrogens with one attached hydrogen (secondary N) is 1. The van der Waals surface area contributed by atoms with Gasteiger partial charge in [-0.25, -0.2) is 4.68 Å². The first-order chi connectivity index (χ1) is 7.75. The largest absolute Gasteiger partial charge is 0.394 e. The van der Waals surface area contributed by atoms with Gasteiger partial charge in [-0.15, -0.1) is 0 Å². The van der Waals surface area contributed by atoms with E-state index in [-0.39, 0.29) is 6.04 Å². The van der Waals surface area contributed by atoms with E-state index in [9.17, 15) is 0 Å². The van der Waals surface area contributed by atoms with Crippen molar-refractivity contribution in [2.24, 2.45) is 7.05 Å². The minimum Gasteiger partial charge on any atom is -0.394 e. The number of hydrogen-bond acceptors (Lipinski definition) is 4. The number of anilines is 2. The number of nitrogens with two attached hydrogens (primary N) is 1. The van der Waals surface area contributed by atoms with Crippen LogP contribution in [0, 0.1) is 0 Å². The standard InChI is InChI=1S/C10H14N6/c1-15-6-7(4-13-15)9-2-3-12-10-8(11)5-14-16(9)10/h4-6,9,12H,2-3,11H2,1H3. The summed E-state index contributed by atoms with van der Waals surface area (Å²) in [4.78, 5) is 0. The SMILES string of the molecule is Cn1cc(C2CCNc3c(N)cnn32)cn1. The van der Waals surface area contributed by atoms with E-state index < -0.39 is 0 Å². The van der Waals surface area contributed by atoms with Gasteiger partial charge in [0.1, 0.15) is 5.82 Å². The molecule has 6 nitrogen and oxygen atoms in total. The summed E-state index contributed by atoms with van der Waals surface area (Å²) < 4.78 is 3.75. The van der Waals surface area contributed by atoms with Gasteiger partial charge < -0.3 is 11.1 Å². The quantitative estimate of drug-likeness (QED) is 0.735. The normalized spacial score (nSPS) is 19.2. The molecule has 0 aromatic carbocycles. The van der Waals surface area contributed by atoms with Gasteiger partial charge in [-0.1, -0.05) is 0 Å². The van der Waals surface area contributed by atoms with Gasteiger partial charge in [-0.05, 0) is 6.42 Å². The first-order valence-corrected chi connectivity index (χ1v) is 5.31. The van der Waals surface area contributed by atoms with Crippen LogP contribution in [-0.2, 0) is 7.05 Å². The van der Waals surface area contributed by atoms with Crippen molar-refractivity contribution < 1.29 is 0 Å². The summed E-state index contributed by atoms with van der Waals surface area (Å²) in [6.45, 7) is 0.912. The van der Waals surface area contributed by atoms with E-state index in [0.29, 0.717) is 5.69 Å². The summed E-state index contributed by atoms with van der Waals surface area (Å²) in [6.07, 6.45) is 6.60. The van der Waals surface area contributed by atoms with Crippen LogP contribution in [0.15, 0.2) is 18.6 Å². The molecule has 0 spiro atoms. The summed E-state index contributed by atoms with van der Waals surface area (Å²) in [5.41, 5.74) is 7.72. The highest BCUT2D eigenvalue weighted by molar-refractivity contribution is 5.61. The number of nitrogens with zero attached hydrogens (tertiary/aromatic N) is 4. The highest BCUT2D eigenvalue weighted by atomic mass is 15.4. The third kappa shape index (κ3) is 1.26. The fraction of sp³-hybridized carbons (Fsp3) is 0.400. The smallest absolute Gasteiger partial charge is 0.148 e. The Hall–Kier alpha value is -1.98. The lowest BCUT2D eigenvalue weighted by Gasteiger charge is -2.25. The molecular weight excluding hydrogens is 204 g/mol. The van der Waals surface area contributed by atoms with E-state index in [1.165, 1.54) is 5.56 Å². The summed E-state index contributed by atoms with van der Waals surface area (Å²) in [5, 5.41) is 11.8. The maximum atomic E-state index is 5.84. The van der Waals surface area contributed by atoms with Crippen molar-refractivity contribution in [1.29, 1.82) is 0 Å². The summed E-state index contributed by atoms with van der Waals surface area (Å²) in [6, 6.07) is 0.238. The molecule has 0 radical (unpaired) electrons.